The number of carbonyl (C=O) groups excluding carboxylic acids is 1. The zero-order chi connectivity index (χ0) is 25.3. The van der Waals surface area contributed by atoms with Gasteiger partial charge in [-0.05, 0) is 36.2 Å². The third kappa shape index (κ3) is 4.62. The lowest BCUT2D eigenvalue weighted by atomic mass is 9.99. The predicted molar refractivity (Wildman–Crippen MR) is 131 cm³/mol. The Bertz CT molecular complexity index is 1580. The van der Waals surface area contributed by atoms with E-state index >= 15 is 4.39 Å². The SMILES string of the molecule is CCCS(=O)(=O)Nc1ccc(F)c(C(=O)c2c[nH]c3ncc(-c4ccc(C=N)c(N)c4)cc23)c1F. The van der Waals surface area contributed by atoms with Crippen molar-refractivity contribution in [2.45, 2.75) is 13.3 Å². The Morgan fingerprint density at radius 2 is 1.97 bits per heavy atom. The van der Waals surface area contributed by atoms with Crippen LogP contribution in [-0.2, 0) is 10.0 Å². The number of aromatic amines is 1. The van der Waals surface area contributed by atoms with Crippen LogP contribution in [0.15, 0.2) is 48.8 Å². The van der Waals surface area contributed by atoms with E-state index in [2.05, 4.69) is 14.7 Å². The summed E-state index contributed by atoms with van der Waals surface area (Å²) in [4.78, 5) is 20.3. The van der Waals surface area contributed by atoms with E-state index in [1.54, 1.807) is 37.4 Å². The van der Waals surface area contributed by atoms with Crippen molar-refractivity contribution in [3.63, 3.8) is 0 Å². The molecule has 0 unspecified atom stereocenters. The second-order valence-electron chi connectivity index (χ2n) is 7.84. The molecule has 0 saturated carbocycles. The fourth-order valence-electron chi connectivity index (χ4n) is 3.70. The van der Waals surface area contributed by atoms with Crippen LogP contribution in [0.1, 0.15) is 34.8 Å². The summed E-state index contributed by atoms with van der Waals surface area (Å²) in [6, 6.07) is 8.47. The van der Waals surface area contributed by atoms with E-state index in [-0.39, 0.29) is 11.3 Å². The number of nitrogens with two attached hydrogens (primary N) is 1. The van der Waals surface area contributed by atoms with Crippen molar-refractivity contribution in [3.8, 4) is 11.1 Å². The average molecular weight is 498 g/mol. The first kappa shape index (κ1) is 24.0. The minimum atomic E-state index is -3.86. The number of H-pyrrole nitrogens is 1. The van der Waals surface area contributed by atoms with Gasteiger partial charge in [0.1, 0.15) is 11.5 Å². The molecule has 2 aromatic heterocycles. The first-order valence-electron chi connectivity index (χ1n) is 10.6. The fraction of sp³-hybridized carbons (Fsp3) is 0.125. The minimum absolute atomic E-state index is 0.0372. The Balaban J connectivity index is 1.78. The molecule has 0 radical (unpaired) electrons. The van der Waals surface area contributed by atoms with Gasteiger partial charge in [0.25, 0.3) is 0 Å². The van der Waals surface area contributed by atoms with Crippen LogP contribution in [0.4, 0.5) is 20.2 Å². The van der Waals surface area contributed by atoms with Gasteiger partial charge in [-0.2, -0.15) is 0 Å². The number of rotatable bonds is 8. The summed E-state index contributed by atoms with van der Waals surface area (Å²) in [6.45, 7) is 1.64. The number of hydrogen-bond acceptors (Lipinski definition) is 6. The topological polar surface area (TPSA) is 142 Å². The van der Waals surface area contributed by atoms with E-state index < -0.39 is 38.7 Å². The molecule has 180 valence electrons. The van der Waals surface area contributed by atoms with Gasteiger partial charge in [-0.1, -0.05) is 19.1 Å². The van der Waals surface area contributed by atoms with E-state index in [0.29, 0.717) is 39.8 Å². The van der Waals surface area contributed by atoms with Crippen LogP contribution in [0.3, 0.4) is 0 Å². The number of fused-ring (bicyclic) bond motifs is 1. The van der Waals surface area contributed by atoms with E-state index in [9.17, 15) is 17.6 Å². The summed E-state index contributed by atoms with van der Waals surface area (Å²) in [7, 11) is -3.86. The van der Waals surface area contributed by atoms with Gasteiger partial charge in [-0.15, -0.1) is 0 Å². The van der Waals surface area contributed by atoms with Gasteiger partial charge in [-0.3, -0.25) is 9.52 Å². The first-order chi connectivity index (χ1) is 16.6. The number of halogens is 2. The van der Waals surface area contributed by atoms with Crippen molar-refractivity contribution < 1.29 is 22.0 Å². The van der Waals surface area contributed by atoms with Crippen LogP contribution in [0, 0.1) is 17.0 Å². The maximum Gasteiger partial charge on any atom is 0.232 e. The molecule has 2 aromatic carbocycles. The zero-order valence-electron chi connectivity index (χ0n) is 18.5. The Morgan fingerprint density at radius 3 is 2.66 bits per heavy atom. The van der Waals surface area contributed by atoms with Crippen molar-refractivity contribution in [2.24, 2.45) is 0 Å². The average Bonchev–Trinajstić information content (AvgIpc) is 3.24. The molecule has 0 aliphatic carbocycles. The molecule has 0 atom stereocenters. The summed E-state index contributed by atoms with van der Waals surface area (Å²) in [6.07, 6.45) is 4.27. The Labute approximate surface area is 199 Å². The number of nitrogens with zero attached hydrogens (tertiary/aromatic N) is 1. The summed E-state index contributed by atoms with van der Waals surface area (Å²) in [5, 5.41) is 7.68. The maximum absolute atomic E-state index is 15.2. The van der Waals surface area contributed by atoms with Gasteiger partial charge in [0.15, 0.2) is 5.82 Å². The van der Waals surface area contributed by atoms with Gasteiger partial charge >= 0.3 is 0 Å². The van der Waals surface area contributed by atoms with Gasteiger partial charge < -0.3 is 16.1 Å². The Morgan fingerprint density at radius 1 is 1.20 bits per heavy atom. The van der Waals surface area contributed by atoms with E-state index in [0.717, 1.165) is 18.3 Å². The lowest BCUT2D eigenvalue weighted by molar-refractivity contribution is 0.103. The number of ketones is 1. The van der Waals surface area contributed by atoms with Crippen LogP contribution in [-0.4, -0.2) is 36.1 Å². The number of carbonyl (C=O) groups is 1. The highest BCUT2D eigenvalue weighted by Crippen LogP contribution is 2.30. The molecule has 4 aromatic rings. The van der Waals surface area contributed by atoms with Crippen molar-refractivity contribution in [1.82, 2.24) is 9.97 Å². The standard InChI is InChI=1S/C24H21F2N5O3S/c1-2-7-35(33,34)31-20-6-5-18(25)21(22(20)26)23(32)17-12-30-24-16(17)8-15(11-29-24)13-3-4-14(10-27)19(28)9-13/h3-6,8-12,27,31H,2,7,28H2,1H3,(H,29,30). The molecule has 35 heavy (non-hydrogen) atoms. The summed E-state index contributed by atoms with van der Waals surface area (Å²) in [5.41, 5.74) is 7.05. The highest BCUT2D eigenvalue weighted by atomic mass is 32.2. The number of pyridine rings is 1. The molecule has 0 spiro atoms. The number of nitrogens with one attached hydrogen (secondary N) is 3. The van der Waals surface area contributed by atoms with Crippen LogP contribution in [0.5, 0.6) is 0 Å². The maximum atomic E-state index is 15.2. The van der Waals surface area contributed by atoms with Crippen LogP contribution in [0.2, 0.25) is 0 Å². The second kappa shape index (κ2) is 9.26. The molecule has 8 nitrogen and oxygen atoms in total. The van der Waals surface area contributed by atoms with Gasteiger partial charge in [0.05, 0.1) is 17.0 Å². The number of anilines is 2. The van der Waals surface area contributed by atoms with E-state index in [4.69, 9.17) is 11.1 Å². The van der Waals surface area contributed by atoms with Gasteiger partial charge in [0, 0.05) is 46.4 Å². The van der Waals surface area contributed by atoms with Crippen molar-refractivity contribution in [3.05, 3.63) is 77.1 Å². The van der Waals surface area contributed by atoms with E-state index in [1.807, 2.05) is 0 Å². The smallest absolute Gasteiger partial charge is 0.232 e. The number of hydrogen-bond donors (Lipinski definition) is 4. The molecule has 0 saturated heterocycles. The quantitative estimate of drug-likeness (QED) is 0.161. The number of sulfonamides is 1. The lowest BCUT2D eigenvalue weighted by Gasteiger charge is -2.11. The molecular weight excluding hydrogens is 476 g/mol. The molecule has 0 bridgehead atoms. The predicted octanol–water partition coefficient (Wildman–Crippen LogP) is 4.47. The van der Waals surface area contributed by atoms with Crippen molar-refractivity contribution >= 4 is 44.4 Å². The highest BCUT2D eigenvalue weighted by molar-refractivity contribution is 7.92. The molecule has 11 heteroatoms. The molecule has 0 aliphatic heterocycles. The zero-order valence-corrected chi connectivity index (χ0v) is 19.3. The van der Waals surface area contributed by atoms with Crippen molar-refractivity contribution in [2.75, 3.05) is 16.2 Å². The first-order valence-corrected chi connectivity index (χ1v) is 12.2. The highest BCUT2D eigenvalue weighted by Gasteiger charge is 2.26. The molecule has 5 N–H and O–H groups in total. The fourth-order valence-corrected chi connectivity index (χ4v) is 4.83. The molecule has 4 rings (SSSR count). The molecular formula is C24H21F2N5O3S. The third-order valence-corrected chi connectivity index (χ3v) is 6.88. The number of benzene rings is 2. The monoisotopic (exact) mass is 497 g/mol. The molecule has 2 heterocycles. The van der Waals surface area contributed by atoms with Crippen LogP contribution >= 0.6 is 0 Å². The molecule has 0 amide bonds. The van der Waals surface area contributed by atoms with Gasteiger partial charge in [0.2, 0.25) is 15.8 Å². The molecule has 0 fully saturated rings. The Hall–Kier alpha value is -4.12. The lowest BCUT2D eigenvalue weighted by Crippen LogP contribution is -2.18. The molecule has 0 aliphatic rings. The van der Waals surface area contributed by atoms with Gasteiger partial charge in [-0.25, -0.2) is 22.2 Å². The number of nitrogen functional groups attached to an aromatic ring is 1. The largest absolute Gasteiger partial charge is 0.398 e. The summed E-state index contributed by atoms with van der Waals surface area (Å²) in [5.74, 6) is -3.65. The normalized spacial score (nSPS) is 11.5. The third-order valence-electron chi connectivity index (χ3n) is 5.41. The summed E-state index contributed by atoms with van der Waals surface area (Å²) < 4.78 is 56.0. The van der Waals surface area contributed by atoms with Crippen LogP contribution in [0.25, 0.3) is 22.2 Å². The summed E-state index contributed by atoms with van der Waals surface area (Å²) >= 11 is 0. The minimum Gasteiger partial charge on any atom is -0.398 e. The van der Waals surface area contributed by atoms with Crippen LogP contribution < -0.4 is 10.5 Å². The Kier molecular flexibility index (Phi) is 6.35. The van der Waals surface area contributed by atoms with Crippen molar-refractivity contribution in [1.29, 1.82) is 5.41 Å². The number of aromatic nitrogens is 2. The second-order valence-corrected chi connectivity index (χ2v) is 9.69. The van der Waals surface area contributed by atoms with E-state index in [1.165, 1.54) is 6.20 Å².